The van der Waals surface area contributed by atoms with Crippen molar-refractivity contribution in [2.24, 2.45) is 0 Å². The van der Waals surface area contributed by atoms with Crippen LogP contribution in [0.1, 0.15) is 32.1 Å². The number of nitrogens with zero attached hydrogens (tertiary/aromatic N) is 1. The van der Waals surface area contributed by atoms with Crippen LogP contribution in [0.3, 0.4) is 0 Å². The summed E-state index contributed by atoms with van der Waals surface area (Å²) < 4.78 is 0. The molecule has 90 valence electrons. The predicted molar refractivity (Wildman–Crippen MR) is 75.2 cm³/mol. The summed E-state index contributed by atoms with van der Waals surface area (Å²) in [6, 6.07) is 0. The molecule has 0 aromatic rings. The lowest BCUT2D eigenvalue weighted by Gasteiger charge is -2.25. The first-order valence-corrected chi connectivity index (χ1v) is 8.77. The van der Waals surface area contributed by atoms with Crippen LogP contribution in [0.4, 0.5) is 0 Å². The lowest BCUT2D eigenvalue weighted by atomic mass is 10.1. The molecule has 1 fully saturated rings. The van der Waals surface area contributed by atoms with E-state index in [1.54, 1.807) is 0 Å². The zero-order valence-corrected chi connectivity index (χ0v) is 11.7. The first-order chi connectivity index (χ1) is 7.43. The van der Waals surface area contributed by atoms with Crippen molar-refractivity contribution in [3.05, 3.63) is 0 Å². The lowest BCUT2D eigenvalue weighted by Crippen LogP contribution is -2.33. The van der Waals surface area contributed by atoms with Crippen LogP contribution < -0.4 is 0 Å². The Morgan fingerprint density at radius 2 is 1.67 bits per heavy atom. The van der Waals surface area contributed by atoms with Gasteiger partial charge in [0.25, 0.3) is 0 Å². The minimum absolute atomic E-state index is 1.33. The highest BCUT2D eigenvalue weighted by molar-refractivity contribution is 7.99. The molecule has 0 aromatic carbocycles. The number of unbranched alkanes of at least 4 members (excludes halogenated alkanes) is 4. The Hall–Kier alpha value is 0.660. The molecule has 1 saturated heterocycles. The van der Waals surface area contributed by atoms with E-state index < -0.39 is 0 Å². The van der Waals surface area contributed by atoms with Crippen molar-refractivity contribution < 1.29 is 0 Å². The fourth-order valence-electron chi connectivity index (χ4n) is 1.94. The van der Waals surface area contributed by atoms with Crippen LogP contribution >= 0.6 is 23.5 Å². The molecule has 0 aromatic heterocycles. The van der Waals surface area contributed by atoms with E-state index in [9.17, 15) is 0 Å². The van der Waals surface area contributed by atoms with Gasteiger partial charge in [-0.05, 0) is 31.4 Å². The van der Waals surface area contributed by atoms with E-state index in [0.717, 1.165) is 0 Å². The summed E-state index contributed by atoms with van der Waals surface area (Å²) >= 11 is 4.09. The maximum absolute atomic E-state index is 2.64. The van der Waals surface area contributed by atoms with Crippen molar-refractivity contribution in [2.45, 2.75) is 32.1 Å². The summed E-state index contributed by atoms with van der Waals surface area (Å²) in [5.41, 5.74) is 0. The van der Waals surface area contributed by atoms with Gasteiger partial charge in [0, 0.05) is 24.6 Å². The van der Waals surface area contributed by atoms with Crippen LogP contribution in [-0.4, -0.2) is 48.0 Å². The molecule has 3 heteroatoms. The van der Waals surface area contributed by atoms with Gasteiger partial charge in [0.15, 0.2) is 0 Å². The van der Waals surface area contributed by atoms with E-state index >= 15 is 0 Å². The van der Waals surface area contributed by atoms with Crippen LogP contribution in [0.5, 0.6) is 0 Å². The molecule has 1 nitrogen and oxygen atoms in total. The van der Waals surface area contributed by atoms with Gasteiger partial charge in [-0.15, -0.1) is 0 Å². The minimum Gasteiger partial charge on any atom is -0.302 e. The summed E-state index contributed by atoms with van der Waals surface area (Å²) in [4.78, 5) is 2.64. The van der Waals surface area contributed by atoms with Gasteiger partial charge < -0.3 is 4.90 Å². The predicted octanol–water partition coefficient (Wildman–Crippen LogP) is 3.35. The van der Waals surface area contributed by atoms with Crippen molar-refractivity contribution in [1.82, 2.24) is 4.90 Å². The Kier molecular flexibility index (Phi) is 9.02. The van der Waals surface area contributed by atoms with Gasteiger partial charge in [0.1, 0.15) is 0 Å². The summed E-state index contributed by atoms with van der Waals surface area (Å²) in [6.07, 6.45) is 9.37. The van der Waals surface area contributed by atoms with Crippen LogP contribution in [-0.2, 0) is 0 Å². The molecule has 0 spiro atoms. The fourth-order valence-corrected chi connectivity index (χ4v) is 3.41. The molecule has 0 radical (unpaired) electrons. The molecule has 0 N–H and O–H groups in total. The Bertz CT molecular complexity index is 136. The third-order valence-electron chi connectivity index (χ3n) is 2.93. The van der Waals surface area contributed by atoms with Gasteiger partial charge in [-0.25, -0.2) is 0 Å². The molecular weight excluding hydrogens is 222 g/mol. The van der Waals surface area contributed by atoms with Crippen molar-refractivity contribution in [1.29, 1.82) is 0 Å². The largest absolute Gasteiger partial charge is 0.302 e. The summed E-state index contributed by atoms with van der Waals surface area (Å²) in [5.74, 6) is 4.06. The highest BCUT2D eigenvalue weighted by Gasteiger charge is 2.08. The van der Waals surface area contributed by atoms with E-state index in [1.165, 1.54) is 69.0 Å². The van der Waals surface area contributed by atoms with Gasteiger partial charge in [0.2, 0.25) is 0 Å². The van der Waals surface area contributed by atoms with E-state index in [4.69, 9.17) is 0 Å². The quantitative estimate of drug-likeness (QED) is 0.606. The van der Waals surface area contributed by atoms with Gasteiger partial charge >= 0.3 is 0 Å². The van der Waals surface area contributed by atoms with Crippen molar-refractivity contribution in [3.63, 3.8) is 0 Å². The highest BCUT2D eigenvalue weighted by atomic mass is 32.2. The molecule has 0 atom stereocenters. The standard InChI is InChI=1S/C12H25NS2/c1-14-10-6-4-2-3-5-7-13-8-11-15-12-9-13/h2-12H2,1H3. The molecule has 0 unspecified atom stereocenters. The molecule has 0 aliphatic carbocycles. The Morgan fingerprint density at radius 3 is 2.40 bits per heavy atom. The van der Waals surface area contributed by atoms with Crippen molar-refractivity contribution in [2.75, 3.05) is 43.1 Å². The third-order valence-corrected chi connectivity index (χ3v) is 4.57. The SMILES string of the molecule is CSCCCCCCCN1CCSCC1. The summed E-state index contributed by atoms with van der Waals surface area (Å²) in [6.45, 7) is 4.01. The number of hydrogen-bond acceptors (Lipinski definition) is 3. The Morgan fingerprint density at radius 1 is 1.00 bits per heavy atom. The van der Waals surface area contributed by atoms with Gasteiger partial charge in [-0.2, -0.15) is 23.5 Å². The summed E-state index contributed by atoms with van der Waals surface area (Å²) in [7, 11) is 0. The van der Waals surface area contributed by atoms with E-state index in [-0.39, 0.29) is 0 Å². The molecule has 15 heavy (non-hydrogen) atoms. The fraction of sp³-hybridized carbons (Fsp3) is 1.00. The normalized spacial score (nSPS) is 18.2. The molecule has 0 saturated carbocycles. The third kappa shape index (κ3) is 7.53. The monoisotopic (exact) mass is 247 g/mol. The Balaban J connectivity index is 1.79. The molecule has 1 aliphatic rings. The average Bonchev–Trinajstić information content (AvgIpc) is 2.29. The second-order valence-electron chi connectivity index (χ2n) is 4.21. The molecule has 1 heterocycles. The van der Waals surface area contributed by atoms with E-state index in [1.807, 2.05) is 11.8 Å². The number of hydrogen-bond donors (Lipinski definition) is 0. The zero-order chi connectivity index (χ0) is 10.8. The first-order valence-electron chi connectivity index (χ1n) is 6.22. The maximum atomic E-state index is 2.64. The van der Waals surface area contributed by atoms with Crippen LogP contribution in [0.15, 0.2) is 0 Å². The number of thioether (sulfide) groups is 2. The average molecular weight is 247 g/mol. The maximum Gasteiger partial charge on any atom is 0.00727 e. The zero-order valence-electron chi connectivity index (χ0n) is 10.0. The van der Waals surface area contributed by atoms with Crippen molar-refractivity contribution >= 4 is 23.5 Å². The molecule has 1 aliphatic heterocycles. The van der Waals surface area contributed by atoms with Crippen LogP contribution in [0.2, 0.25) is 0 Å². The molecule has 0 amide bonds. The van der Waals surface area contributed by atoms with E-state index in [2.05, 4.69) is 22.9 Å². The molecule has 0 bridgehead atoms. The number of rotatable bonds is 8. The summed E-state index contributed by atoms with van der Waals surface area (Å²) in [5, 5.41) is 0. The molecule has 1 rings (SSSR count). The highest BCUT2D eigenvalue weighted by Crippen LogP contribution is 2.11. The van der Waals surface area contributed by atoms with E-state index in [0.29, 0.717) is 0 Å². The van der Waals surface area contributed by atoms with Gasteiger partial charge in [0.05, 0.1) is 0 Å². The van der Waals surface area contributed by atoms with Crippen LogP contribution in [0.25, 0.3) is 0 Å². The van der Waals surface area contributed by atoms with Crippen molar-refractivity contribution in [3.8, 4) is 0 Å². The first kappa shape index (κ1) is 13.7. The Labute approximate surface area is 104 Å². The van der Waals surface area contributed by atoms with Gasteiger partial charge in [-0.3, -0.25) is 0 Å². The van der Waals surface area contributed by atoms with Crippen LogP contribution in [0, 0.1) is 0 Å². The second kappa shape index (κ2) is 9.86. The topological polar surface area (TPSA) is 3.24 Å². The molecular formula is C12H25NS2. The van der Waals surface area contributed by atoms with Gasteiger partial charge in [-0.1, -0.05) is 19.3 Å². The minimum atomic E-state index is 1.33. The second-order valence-corrected chi connectivity index (χ2v) is 6.42. The smallest absolute Gasteiger partial charge is 0.00727 e. The lowest BCUT2D eigenvalue weighted by molar-refractivity contribution is 0.294.